The second kappa shape index (κ2) is 7.25. The zero-order chi connectivity index (χ0) is 13.7. The highest BCUT2D eigenvalue weighted by atomic mass is 16.5. The van der Waals surface area contributed by atoms with Gasteiger partial charge in [-0.15, -0.1) is 0 Å². The molecular formula is C15H28N2O2. The number of morpholine rings is 1. The minimum atomic E-state index is -0.0661. The predicted molar refractivity (Wildman–Crippen MR) is 76.0 cm³/mol. The van der Waals surface area contributed by atoms with Gasteiger partial charge in [-0.05, 0) is 25.7 Å². The van der Waals surface area contributed by atoms with Gasteiger partial charge in [0.25, 0.3) is 0 Å². The lowest BCUT2D eigenvalue weighted by molar-refractivity contribution is -0.137. The molecule has 2 fully saturated rings. The normalized spacial score (nSPS) is 30.7. The Labute approximate surface area is 116 Å². The van der Waals surface area contributed by atoms with Crippen LogP contribution in [0.1, 0.15) is 46.0 Å². The second-order valence-corrected chi connectivity index (χ2v) is 6.05. The molecule has 110 valence electrons. The molecule has 0 bridgehead atoms. The van der Waals surface area contributed by atoms with Crippen molar-refractivity contribution in [3.63, 3.8) is 0 Å². The van der Waals surface area contributed by atoms with Gasteiger partial charge in [-0.1, -0.05) is 26.2 Å². The average Bonchev–Trinajstić information content (AvgIpc) is 2.64. The number of carbonyl (C=O) groups excluding carboxylic acids is 1. The van der Waals surface area contributed by atoms with Crippen molar-refractivity contribution in [2.75, 3.05) is 26.3 Å². The van der Waals surface area contributed by atoms with E-state index in [1.54, 1.807) is 0 Å². The molecule has 0 aromatic carbocycles. The Hall–Kier alpha value is -0.610. The molecule has 0 aromatic heterocycles. The largest absolute Gasteiger partial charge is 0.378 e. The van der Waals surface area contributed by atoms with Gasteiger partial charge in [0.05, 0.1) is 19.3 Å². The Morgan fingerprint density at radius 3 is 2.63 bits per heavy atom. The van der Waals surface area contributed by atoms with E-state index >= 15 is 0 Å². The van der Waals surface area contributed by atoms with Gasteiger partial charge in [-0.2, -0.15) is 0 Å². The summed E-state index contributed by atoms with van der Waals surface area (Å²) in [5, 5.41) is 3.57. The number of nitrogens with zero attached hydrogens (tertiary/aromatic N) is 1. The Bertz CT molecular complexity index is 290. The molecule has 1 aliphatic heterocycles. The molecule has 3 atom stereocenters. The fourth-order valence-corrected chi connectivity index (χ4v) is 3.19. The molecule has 4 heteroatoms. The van der Waals surface area contributed by atoms with Crippen LogP contribution in [-0.4, -0.2) is 49.2 Å². The number of hydrogen-bond acceptors (Lipinski definition) is 3. The summed E-state index contributed by atoms with van der Waals surface area (Å²) in [5.74, 6) is 0.919. The molecule has 1 saturated heterocycles. The van der Waals surface area contributed by atoms with Gasteiger partial charge in [-0.3, -0.25) is 4.79 Å². The van der Waals surface area contributed by atoms with Crippen molar-refractivity contribution in [1.82, 2.24) is 10.2 Å². The zero-order valence-electron chi connectivity index (χ0n) is 12.4. The quantitative estimate of drug-likeness (QED) is 0.794. The van der Waals surface area contributed by atoms with E-state index in [1.165, 1.54) is 32.1 Å². The minimum absolute atomic E-state index is 0.0661. The molecule has 0 aromatic rings. The van der Waals surface area contributed by atoms with E-state index < -0.39 is 0 Å². The third kappa shape index (κ3) is 4.18. The first-order valence-corrected chi connectivity index (χ1v) is 7.81. The van der Waals surface area contributed by atoms with Crippen LogP contribution in [0.15, 0.2) is 0 Å². The van der Waals surface area contributed by atoms with E-state index in [2.05, 4.69) is 12.2 Å². The van der Waals surface area contributed by atoms with Crippen molar-refractivity contribution in [3.05, 3.63) is 0 Å². The molecule has 19 heavy (non-hydrogen) atoms. The molecule has 2 aliphatic rings. The standard InChI is InChI=1S/C15H28N2O2/c1-12-6-4-3-5-7-14(12)16-13(2)15(18)17-8-10-19-11-9-17/h12-14,16H,3-11H2,1-2H3. The summed E-state index contributed by atoms with van der Waals surface area (Å²) in [7, 11) is 0. The molecular weight excluding hydrogens is 240 g/mol. The van der Waals surface area contributed by atoms with Crippen molar-refractivity contribution in [1.29, 1.82) is 0 Å². The molecule has 0 spiro atoms. The third-order valence-corrected chi connectivity index (χ3v) is 4.52. The predicted octanol–water partition coefficient (Wildman–Crippen LogP) is 1.79. The maximum atomic E-state index is 12.4. The fourth-order valence-electron chi connectivity index (χ4n) is 3.19. The summed E-state index contributed by atoms with van der Waals surface area (Å²) in [6, 6.07) is 0.436. The molecule has 1 heterocycles. The van der Waals surface area contributed by atoms with Crippen LogP contribution in [0.4, 0.5) is 0 Å². The van der Waals surface area contributed by atoms with Gasteiger partial charge >= 0.3 is 0 Å². The van der Waals surface area contributed by atoms with Crippen LogP contribution >= 0.6 is 0 Å². The minimum Gasteiger partial charge on any atom is -0.378 e. The van der Waals surface area contributed by atoms with Crippen LogP contribution in [0.25, 0.3) is 0 Å². The zero-order valence-corrected chi connectivity index (χ0v) is 12.4. The van der Waals surface area contributed by atoms with E-state index in [0.29, 0.717) is 25.2 Å². The number of carbonyl (C=O) groups is 1. The lowest BCUT2D eigenvalue weighted by atomic mass is 9.96. The van der Waals surface area contributed by atoms with Crippen LogP contribution in [0.5, 0.6) is 0 Å². The van der Waals surface area contributed by atoms with Gasteiger partial charge in [0, 0.05) is 19.1 Å². The van der Waals surface area contributed by atoms with E-state index in [1.807, 2.05) is 11.8 Å². The Balaban J connectivity index is 1.84. The number of amides is 1. The number of nitrogens with one attached hydrogen (secondary N) is 1. The van der Waals surface area contributed by atoms with Crippen LogP contribution in [0.3, 0.4) is 0 Å². The van der Waals surface area contributed by atoms with Gasteiger partial charge in [0.15, 0.2) is 0 Å². The van der Waals surface area contributed by atoms with Crippen LogP contribution in [0, 0.1) is 5.92 Å². The summed E-state index contributed by atoms with van der Waals surface area (Å²) < 4.78 is 5.30. The van der Waals surface area contributed by atoms with Crippen LogP contribution in [0.2, 0.25) is 0 Å². The molecule has 4 nitrogen and oxygen atoms in total. The molecule has 1 saturated carbocycles. The lowest BCUT2D eigenvalue weighted by Crippen LogP contribution is -2.52. The average molecular weight is 268 g/mol. The van der Waals surface area contributed by atoms with Gasteiger partial charge in [0.1, 0.15) is 0 Å². The lowest BCUT2D eigenvalue weighted by Gasteiger charge is -2.32. The first-order chi connectivity index (χ1) is 9.18. The van der Waals surface area contributed by atoms with E-state index in [9.17, 15) is 4.79 Å². The van der Waals surface area contributed by atoms with Crippen molar-refractivity contribution < 1.29 is 9.53 Å². The number of hydrogen-bond donors (Lipinski definition) is 1. The third-order valence-electron chi connectivity index (χ3n) is 4.52. The smallest absolute Gasteiger partial charge is 0.239 e. The van der Waals surface area contributed by atoms with Crippen molar-refractivity contribution in [2.45, 2.75) is 58.0 Å². The first kappa shape index (κ1) is 14.8. The molecule has 1 N–H and O–H groups in total. The summed E-state index contributed by atoms with van der Waals surface area (Å²) in [5.41, 5.74) is 0. The summed E-state index contributed by atoms with van der Waals surface area (Å²) in [4.78, 5) is 14.3. The summed E-state index contributed by atoms with van der Waals surface area (Å²) >= 11 is 0. The van der Waals surface area contributed by atoms with E-state index in [-0.39, 0.29) is 11.9 Å². The molecule has 0 radical (unpaired) electrons. The highest BCUT2D eigenvalue weighted by Gasteiger charge is 2.27. The van der Waals surface area contributed by atoms with Crippen molar-refractivity contribution in [2.24, 2.45) is 5.92 Å². The topological polar surface area (TPSA) is 41.6 Å². The van der Waals surface area contributed by atoms with Crippen LogP contribution < -0.4 is 5.32 Å². The van der Waals surface area contributed by atoms with Gasteiger partial charge < -0.3 is 15.0 Å². The second-order valence-electron chi connectivity index (χ2n) is 6.05. The Kier molecular flexibility index (Phi) is 5.64. The Morgan fingerprint density at radius 1 is 1.21 bits per heavy atom. The summed E-state index contributed by atoms with van der Waals surface area (Å²) in [6.07, 6.45) is 6.47. The van der Waals surface area contributed by atoms with Crippen molar-refractivity contribution >= 4 is 5.91 Å². The Morgan fingerprint density at radius 2 is 1.89 bits per heavy atom. The van der Waals surface area contributed by atoms with Gasteiger partial charge in [-0.25, -0.2) is 0 Å². The maximum Gasteiger partial charge on any atom is 0.239 e. The number of ether oxygens (including phenoxy) is 1. The molecule has 1 amide bonds. The highest BCUT2D eigenvalue weighted by molar-refractivity contribution is 5.81. The number of rotatable bonds is 3. The van der Waals surface area contributed by atoms with Gasteiger partial charge in [0.2, 0.25) is 5.91 Å². The fraction of sp³-hybridized carbons (Fsp3) is 0.933. The van der Waals surface area contributed by atoms with E-state index in [0.717, 1.165) is 13.1 Å². The highest BCUT2D eigenvalue weighted by Crippen LogP contribution is 2.23. The molecule has 3 unspecified atom stereocenters. The van der Waals surface area contributed by atoms with E-state index in [4.69, 9.17) is 4.74 Å². The van der Waals surface area contributed by atoms with Crippen molar-refractivity contribution in [3.8, 4) is 0 Å². The summed E-state index contributed by atoms with van der Waals surface area (Å²) in [6.45, 7) is 7.16. The maximum absolute atomic E-state index is 12.4. The SMILES string of the molecule is CC(NC1CCCCCC1C)C(=O)N1CCOCC1. The first-order valence-electron chi connectivity index (χ1n) is 7.81. The molecule has 1 aliphatic carbocycles. The monoisotopic (exact) mass is 268 g/mol. The molecule has 2 rings (SSSR count). The van der Waals surface area contributed by atoms with Crippen LogP contribution in [-0.2, 0) is 9.53 Å².